The summed E-state index contributed by atoms with van der Waals surface area (Å²) in [5.74, 6) is -2.78. The van der Waals surface area contributed by atoms with E-state index in [1.165, 1.54) is 0 Å². The third-order valence-electron chi connectivity index (χ3n) is 3.10. The molecule has 0 unspecified atom stereocenters. The topological polar surface area (TPSA) is 77.5 Å². The number of carboxylic acid groups (broad SMARTS) is 1. The molecule has 0 saturated heterocycles. The SMILES string of the molecule is CC[C@H](C(=O)[O-])N1C(=O)c2c(Br)c(Br)c(Br)c(Br)c2C1=O. The molecule has 2 amide bonds. The lowest BCUT2D eigenvalue weighted by molar-refractivity contribution is -0.310. The van der Waals surface area contributed by atoms with Gasteiger partial charge in [0.1, 0.15) is 0 Å². The van der Waals surface area contributed by atoms with Gasteiger partial charge in [-0.2, -0.15) is 0 Å². The molecule has 1 heterocycles. The zero-order valence-corrected chi connectivity index (χ0v) is 16.7. The molecule has 1 atom stereocenters. The summed E-state index contributed by atoms with van der Waals surface area (Å²) in [5.41, 5.74) is 0.253. The Hall–Kier alpha value is -0.250. The molecule has 1 aromatic carbocycles. The molecule has 2 rings (SSSR count). The van der Waals surface area contributed by atoms with Crippen molar-refractivity contribution < 1.29 is 19.5 Å². The number of fused-ring (bicyclic) bond motifs is 1. The van der Waals surface area contributed by atoms with E-state index < -0.39 is 23.8 Å². The van der Waals surface area contributed by atoms with Gasteiger partial charge in [0.15, 0.2) is 0 Å². The first-order valence-electron chi connectivity index (χ1n) is 5.68. The number of aliphatic carboxylic acids is 1. The number of carbonyl (C=O) groups excluding carboxylic acids is 3. The van der Waals surface area contributed by atoms with Gasteiger partial charge in [-0.25, -0.2) is 0 Å². The summed E-state index contributed by atoms with van der Waals surface area (Å²) in [6.07, 6.45) is 0.0748. The van der Waals surface area contributed by atoms with Crippen LogP contribution in [0, 0.1) is 0 Å². The molecule has 0 aromatic heterocycles. The highest BCUT2D eigenvalue weighted by Gasteiger charge is 2.44. The molecule has 0 aliphatic carbocycles. The number of amides is 2. The van der Waals surface area contributed by atoms with E-state index in [2.05, 4.69) is 63.7 Å². The quantitative estimate of drug-likeness (QED) is 0.331. The largest absolute Gasteiger partial charge is 0.548 e. The van der Waals surface area contributed by atoms with Gasteiger partial charge in [0.2, 0.25) is 0 Å². The number of carbonyl (C=O) groups is 3. The highest BCUT2D eigenvalue weighted by atomic mass is 79.9. The average molecular weight is 548 g/mol. The number of hydrogen-bond acceptors (Lipinski definition) is 4. The Kier molecular flexibility index (Phi) is 4.97. The van der Waals surface area contributed by atoms with Crippen molar-refractivity contribution in [1.29, 1.82) is 0 Å². The van der Waals surface area contributed by atoms with Crippen LogP contribution in [0.5, 0.6) is 0 Å². The van der Waals surface area contributed by atoms with Gasteiger partial charge in [-0.3, -0.25) is 14.5 Å². The summed E-state index contributed by atoms with van der Waals surface area (Å²) in [4.78, 5) is 36.8. The molecule has 21 heavy (non-hydrogen) atoms. The standard InChI is InChI=1S/C12H7Br4NO4/c1-2-3(12(20)21)17-10(18)4-5(11(17)19)7(14)9(16)8(15)6(4)13/h3H,2H2,1H3,(H,20,21)/p-1/t3-/m1/s1. The minimum absolute atomic E-state index is 0.0748. The van der Waals surface area contributed by atoms with Crippen LogP contribution in [0.25, 0.3) is 0 Å². The van der Waals surface area contributed by atoms with E-state index in [1.807, 2.05) is 0 Å². The Balaban J connectivity index is 2.71. The number of benzene rings is 1. The lowest BCUT2D eigenvalue weighted by atomic mass is 10.1. The van der Waals surface area contributed by atoms with Crippen LogP contribution < -0.4 is 5.11 Å². The van der Waals surface area contributed by atoms with Crippen molar-refractivity contribution in [2.24, 2.45) is 0 Å². The van der Waals surface area contributed by atoms with Gasteiger partial charge in [0, 0.05) is 17.9 Å². The predicted molar refractivity (Wildman–Crippen MR) is 86.8 cm³/mol. The Morgan fingerprint density at radius 2 is 1.38 bits per heavy atom. The number of halogens is 4. The highest BCUT2D eigenvalue weighted by Crippen LogP contribution is 2.45. The molecule has 112 valence electrons. The number of nitrogens with zero attached hydrogens (tertiary/aromatic N) is 1. The van der Waals surface area contributed by atoms with Crippen molar-refractivity contribution in [3.8, 4) is 0 Å². The molecular weight excluding hydrogens is 542 g/mol. The molecule has 0 N–H and O–H groups in total. The van der Waals surface area contributed by atoms with Gasteiger partial charge < -0.3 is 9.90 Å². The molecule has 1 aromatic rings. The summed E-state index contributed by atoms with van der Waals surface area (Å²) in [6.45, 7) is 1.57. The van der Waals surface area contributed by atoms with Crippen molar-refractivity contribution in [3.05, 3.63) is 29.0 Å². The van der Waals surface area contributed by atoms with Crippen molar-refractivity contribution >= 4 is 81.5 Å². The highest BCUT2D eigenvalue weighted by molar-refractivity contribution is 9.15. The fourth-order valence-corrected chi connectivity index (χ4v) is 4.56. The van der Waals surface area contributed by atoms with Gasteiger partial charge in [0.25, 0.3) is 11.8 Å². The summed E-state index contributed by atoms with van der Waals surface area (Å²) < 4.78 is 1.89. The fraction of sp³-hybridized carbons (Fsp3) is 0.250. The van der Waals surface area contributed by atoms with Crippen molar-refractivity contribution in [2.75, 3.05) is 0 Å². The van der Waals surface area contributed by atoms with Crippen LogP contribution in [0.4, 0.5) is 0 Å². The number of carboxylic acids is 1. The molecule has 9 heteroatoms. The van der Waals surface area contributed by atoms with Gasteiger partial charge in [-0.15, -0.1) is 0 Å². The molecule has 1 aliphatic rings. The molecule has 0 saturated carbocycles. The van der Waals surface area contributed by atoms with Crippen LogP contribution in [-0.4, -0.2) is 28.7 Å². The number of rotatable bonds is 3. The lowest BCUT2D eigenvalue weighted by Crippen LogP contribution is -2.50. The van der Waals surface area contributed by atoms with E-state index in [-0.39, 0.29) is 17.5 Å². The number of hydrogen-bond donors (Lipinski definition) is 0. The smallest absolute Gasteiger partial charge is 0.263 e. The minimum atomic E-state index is -1.46. The van der Waals surface area contributed by atoms with Gasteiger partial charge in [0.05, 0.1) is 23.1 Å². The Morgan fingerprint density at radius 3 is 1.67 bits per heavy atom. The Bertz CT molecular complexity index is 642. The zero-order chi connectivity index (χ0) is 16.1. The van der Waals surface area contributed by atoms with Crippen LogP contribution in [0.2, 0.25) is 0 Å². The van der Waals surface area contributed by atoms with Gasteiger partial charge >= 0.3 is 0 Å². The lowest BCUT2D eigenvalue weighted by Gasteiger charge is -2.25. The summed E-state index contributed by atoms with van der Waals surface area (Å²) >= 11 is 13.1. The van der Waals surface area contributed by atoms with E-state index in [9.17, 15) is 19.5 Å². The third-order valence-corrected chi connectivity index (χ3v) is 7.87. The van der Waals surface area contributed by atoms with Crippen LogP contribution >= 0.6 is 63.7 Å². The molecular formula is C12H6Br4NO4-. The summed E-state index contributed by atoms with van der Waals surface area (Å²) in [7, 11) is 0. The first kappa shape index (κ1) is 17.1. The van der Waals surface area contributed by atoms with Crippen LogP contribution in [0.15, 0.2) is 17.9 Å². The normalized spacial score (nSPS) is 15.4. The Morgan fingerprint density at radius 1 is 1.00 bits per heavy atom. The van der Waals surface area contributed by atoms with Crippen molar-refractivity contribution in [1.82, 2.24) is 4.90 Å². The van der Waals surface area contributed by atoms with Gasteiger partial charge in [-0.05, 0) is 70.1 Å². The van der Waals surface area contributed by atoms with E-state index in [0.29, 0.717) is 17.9 Å². The third kappa shape index (κ3) is 2.51. The van der Waals surface area contributed by atoms with E-state index in [1.54, 1.807) is 6.92 Å². The monoisotopic (exact) mass is 544 g/mol. The van der Waals surface area contributed by atoms with Crippen LogP contribution in [-0.2, 0) is 4.79 Å². The summed E-state index contributed by atoms with van der Waals surface area (Å²) in [5, 5.41) is 11.2. The maximum absolute atomic E-state index is 12.5. The summed E-state index contributed by atoms with van der Waals surface area (Å²) in [6, 6.07) is -1.30. The van der Waals surface area contributed by atoms with Crippen LogP contribution in [0.3, 0.4) is 0 Å². The minimum Gasteiger partial charge on any atom is -0.548 e. The van der Waals surface area contributed by atoms with E-state index in [0.717, 1.165) is 4.90 Å². The fourth-order valence-electron chi connectivity index (χ4n) is 2.10. The second-order valence-electron chi connectivity index (χ2n) is 4.23. The second-order valence-corrected chi connectivity index (χ2v) is 7.40. The maximum Gasteiger partial charge on any atom is 0.263 e. The first-order chi connectivity index (χ1) is 9.73. The second kappa shape index (κ2) is 6.10. The Labute approximate surface area is 153 Å². The van der Waals surface area contributed by atoms with Crippen LogP contribution in [0.1, 0.15) is 34.1 Å². The van der Waals surface area contributed by atoms with Gasteiger partial charge in [-0.1, -0.05) is 6.92 Å². The van der Waals surface area contributed by atoms with E-state index >= 15 is 0 Å². The maximum atomic E-state index is 12.5. The average Bonchev–Trinajstić information content (AvgIpc) is 2.68. The number of imide groups is 1. The molecule has 5 nitrogen and oxygen atoms in total. The van der Waals surface area contributed by atoms with Crippen molar-refractivity contribution in [2.45, 2.75) is 19.4 Å². The zero-order valence-electron chi connectivity index (χ0n) is 10.4. The molecule has 0 spiro atoms. The van der Waals surface area contributed by atoms with E-state index in [4.69, 9.17) is 0 Å². The molecule has 0 bridgehead atoms. The molecule has 0 radical (unpaired) electrons. The molecule has 0 fully saturated rings. The predicted octanol–water partition coefficient (Wildman–Crippen LogP) is 2.86. The first-order valence-corrected chi connectivity index (χ1v) is 8.85. The van der Waals surface area contributed by atoms with Crippen molar-refractivity contribution in [3.63, 3.8) is 0 Å². The molecule has 1 aliphatic heterocycles.